The topological polar surface area (TPSA) is 29.5 Å². The molecule has 0 bridgehead atoms. The number of allylic oxidation sites excluding steroid dienone is 1. The monoisotopic (exact) mass is 442 g/mol. The van der Waals surface area contributed by atoms with E-state index in [2.05, 4.69) is 12.7 Å². The number of phenols is 1. The molecule has 170 valence electrons. The highest BCUT2D eigenvalue weighted by molar-refractivity contribution is 6.04. The molecule has 0 unspecified atom stereocenters. The van der Waals surface area contributed by atoms with Crippen molar-refractivity contribution in [1.29, 1.82) is 0 Å². The van der Waals surface area contributed by atoms with Crippen LogP contribution in [0, 0.1) is 41.1 Å². The maximum atomic E-state index is 15.0. The number of ether oxygens (including phenoxy) is 1. The minimum absolute atomic E-state index is 0.0349. The Kier molecular flexibility index (Phi) is 5.68. The van der Waals surface area contributed by atoms with Gasteiger partial charge in [0.2, 0.25) is 5.82 Å². The van der Waals surface area contributed by atoms with Crippen molar-refractivity contribution in [2.45, 2.75) is 51.4 Å². The smallest absolute Gasteiger partial charge is 0.201 e. The Morgan fingerprint density at radius 2 is 1.47 bits per heavy atom. The standard InChI is InChI=1S/C27H29F3O2/c1-2-15-3-7-17(8-4-15)18-9-5-16(6-10-18)14-32-22-12-11-19-20-13-21(31)25(28)27(30)24(20)23(19)26(22)29/h2,11-13,15-18,31H,1,3-10,14H2. The second-order valence-electron chi connectivity index (χ2n) is 9.75. The first-order valence-electron chi connectivity index (χ1n) is 11.8. The highest BCUT2D eigenvalue weighted by Crippen LogP contribution is 2.53. The van der Waals surface area contributed by atoms with Crippen LogP contribution in [-0.2, 0) is 0 Å². The van der Waals surface area contributed by atoms with Gasteiger partial charge in [0.1, 0.15) is 0 Å². The summed E-state index contributed by atoms with van der Waals surface area (Å²) in [4.78, 5) is 0. The molecule has 3 aliphatic carbocycles. The molecule has 32 heavy (non-hydrogen) atoms. The van der Waals surface area contributed by atoms with E-state index in [1.165, 1.54) is 38.5 Å². The van der Waals surface area contributed by atoms with Gasteiger partial charge >= 0.3 is 0 Å². The third-order valence-corrected chi connectivity index (χ3v) is 8.02. The molecule has 0 radical (unpaired) electrons. The Morgan fingerprint density at radius 3 is 2.12 bits per heavy atom. The summed E-state index contributed by atoms with van der Waals surface area (Å²) in [6.45, 7) is 4.37. The third kappa shape index (κ3) is 3.60. The maximum Gasteiger partial charge on any atom is 0.201 e. The van der Waals surface area contributed by atoms with E-state index in [1.807, 2.05) is 0 Å². The van der Waals surface area contributed by atoms with Crippen molar-refractivity contribution < 1.29 is 23.0 Å². The van der Waals surface area contributed by atoms with Crippen molar-refractivity contribution in [3.8, 4) is 33.8 Å². The van der Waals surface area contributed by atoms with Crippen molar-refractivity contribution in [1.82, 2.24) is 0 Å². The van der Waals surface area contributed by atoms with Crippen LogP contribution in [0.3, 0.4) is 0 Å². The molecule has 0 amide bonds. The Labute approximate surface area is 187 Å². The largest absolute Gasteiger partial charge is 0.505 e. The molecular weight excluding hydrogens is 413 g/mol. The van der Waals surface area contributed by atoms with Gasteiger partial charge in [-0.15, -0.1) is 6.58 Å². The van der Waals surface area contributed by atoms with E-state index < -0.39 is 23.2 Å². The summed E-state index contributed by atoms with van der Waals surface area (Å²) in [5, 5.41) is 9.50. The zero-order valence-corrected chi connectivity index (χ0v) is 18.2. The lowest BCUT2D eigenvalue weighted by Crippen LogP contribution is -2.27. The fraction of sp³-hybridized carbons (Fsp3) is 0.481. The first-order chi connectivity index (χ1) is 15.5. The Hall–Kier alpha value is -2.43. The molecule has 5 heteroatoms. The van der Waals surface area contributed by atoms with Gasteiger partial charge in [-0.25, -0.2) is 8.78 Å². The van der Waals surface area contributed by atoms with Crippen LogP contribution in [0.1, 0.15) is 51.4 Å². The molecule has 3 aliphatic rings. The highest BCUT2D eigenvalue weighted by atomic mass is 19.2. The van der Waals surface area contributed by atoms with E-state index in [0.717, 1.165) is 30.7 Å². The van der Waals surface area contributed by atoms with Gasteiger partial charge in [0.05, 0.1) is 6.61 Å². The normalized spacial score (nSPS) is 26.6. The minimum Gasteiger partial charge on any atom is -0.505 e. The van der Waals surface area contributed by atoms with Gasteiger partial charge in [-0.1, -0.05) is 6.08 Å². The number of hydrogen-bond donors (Lipinski definition) is 1. The average molecular weight is 443 g/mol. The second-order valence-corrected chi connectivity index (χ2v) is 9.75. The number of benzene rings is 2. The summed E-state index contributed by atoms with van der Waals surface area (Å²) >= 11 is 0. The van der Waals surface area contributed by atoms with Crippen LogP contribution in [0.5, 0.6) is 11.5 Å². The number of hydrogen-bond acceptors (Lipinski definition) is 2. The Morgan fingerprint density at radius 1 is 0.844 bits per heavy atom. The average Bonchev–Trinajstić information content (AvgIpc) is 2.81. The number of phenolic OH excluding ortho intramolecular Hbond substituents is 1. The molecule has 1 N–H and O–H groups in total. The summed E-state index contributed by atoms with van der Waals surface area (Å²) < 4.78 is 48.9. The predicted molar refractivity (Wildman–Crippen MR) is 119 cm³/mol. The summed E-state index contributed by atoms with van der Waals surface area (Å²) in [6, 6.07) is 4.32. The van der Waals surface area contributed by atoms with Gasteiger partial charge in [-0.05, 0) is 104 Å². The zero-order valence-electron chi connectivity index (χ0n) is 18.2. The van der Waals surface area contributed by atoms with Crippen molar-refractivity contribution in [2.75, 3.05) is 6.61 Å². The van der Waals surface area contributed by atoms with E-state index >= 15 is 4.39 Å². The summed E-state index contributed by atoms with van der Waals surface area (Å²) in [5.74, 6) is -1.23. The van der Waals surface area contributed by atoms with Gasteiger partial charge in [0.15, 0.2) is 23.1 Å². The van der Waals surface area contributed by atoms with Crippen molar-refractivity contribution in [2.24, 2.45) is 23.7 Å². The van der Waals surface area contributed by atoms with E-state index in [0.29, 0.717) is 29.6 Å². The number of halogens is 3. The number of fused-ring (bicyclic) bond motifs is 4. The van der Waals surface area contributed by atoms with Gasteiger partial charge in [-0.2, -0.15) is 4.39 Å². The predicted octanol–water partition coefficient (Wildman–Crippen LogP) is 7.63. The van der Waals surface area contributed by atoms with Crippen LogP contribution in [0.2, 0.25) is 0 Å². The van der Waals surface area contributed by atoms with Gasteiger partial charge in [0.25, 0.3) is 0 Å². The van der Waals surface area contributed by atoms with Crippen molar-refractivity contribution in [3.05, 3.63) is 48.3 Å². The van der Waals surface area contributed by atoms with E-state index in [-0.39, 0.29) is 16.9 Å². The van der Waals surface area contributed by atoms with Crippen molar-refractivity contribution >= 4 is 0 Å². The summed E-state index contributed by atoms with van der Waals surface area (Å²) in [5.41, 5.74) is 0.700. The van der Waals surface area contributed by atoms with Crippen molar-refractivity contribution in [3.63, 3.8) is 0 Å². The van der Waals surface area contributed by atoms with E-state index in [4.69, 9.17) is 4.74 Å². The molecule has 0 spiro atoms. The Bertz CT molecular complexity index is 1030. The summed E-state index contributed by atoms with van der Waals surface area (Å²) in [7, 11) is 0. The lowest BCUT2D eigenvalue weighted by atomic mass is 9.69. The SMILES string of the molecule is C=CC1CCC(C2CCC(COc3ccc4c(c3F)-c3c-4cc(O)c(F)c3F)CC2)CC1. The van der Waals surface area contributed by atoms with Crippen LogP contribution >= 0.6 is 0 Å². The molecule has 2 aromatic carbocycles. The molecule has 2 fully saturated rings. The lowest BCUT2D eigenvalue weighted by Gasteiger charge is -2.37. The molecule has 2 nitrogen and oxygen atoms in total. The fourth-order valence-electron chi connectivity index (χ4n) is 6.03. The molecule has 0 aliphatic heterocycles. The lowest BCUT2D eigenvalue weighted by molar-refractivity contribution is 0.127. The van der Waals surface area contributed by atoms with Crippen LogP contribution in [0.25, 0.3) is 22.3 Å². The van der Waals surface area contributed by atoms with Crippen LogP contribution in [0.4, 0.5) is 13.2 Å². The molecule has 0 atom stereocenters. The first-order valence-corrected chi connectivity index (χ1v) is 11.8. The Balaban J connectivity index is 1.19. The maximum absolute atomic E-state index is 15.0. The van der Waals surface area contributed by atoms with Crippen LogP contribution < -0.4 is 4.74 Å². The van der Waals surface area contributed by atoms with E-state index in [9.17, 15) is 13.9 Å². The summed E-state index contributed by atoms with van der Waals surface area (Å²) in [6.07, 6.45) is 11.8. The van der Waals surface area contributed by atoms with Gasteiger partial charge < -0.3 is 9.84 Å². The molecule has 0 heterocycles. The first kappa shape index (κ1) is 21.4. The van der Waals surface area contributed by atoms with Crippen LogP contribution in [0.15, 0.2) is 30.9 Å². The highest BCUT2D eigenvalue weighted by Gasteiger charge is 2.35. The molecular formula is C27H29F3O2. The minimum atomic E-state index is -1.35. The molecule has 0 aromatic heterocycles. The molecule has 5 rings (SSSR count). The number of aromatic hydroxyl groups is 1. The van der Waals surface area contributed by atoms with Gasteiger partial charge in [-0.3, -0.25) is 0 Å². The quantitative estimate of drug-likeness (QED) is 0.412. The second kappa shape index (κ2) is 8.49. The molecule has 2 aromatic rings. The van der Waals surface area contributed by atoms with Gasteiger partial charge in [0, 0.05) is 11.1 Å². The fourth-order valence-corrected chi connectivity index (χ4v) is 6.03. The molecule has 2 saturated carbocycles. The third-order valence-electron chi connectivity index (χ3n) is 8.02. The van der Waals surface area contributed by atoms with Crippen LogP contribution in [-0.4, -0.2) is 11.7 Å². The van der Waals surface area contributed by atoms with E-state index in [1.54, 1.807) is 12.1 Å². The molecule has 0 saturated heterocycles. The zero-order chi connectivity index (χ0) is 22.4. The number of rotatable bonds is 5.